The third-order valence-corrected chi connectivity index (χ3v) is 2.86. The molecule has 0 aromatic carbocycles. The Bertz CT molecular complexity index is 197. The summed E-state index contributed by atoms with van der Waals surface area (Å²) in [7, 11) is 0. The second-order valence-corrected chi connectivity index (χ2v) is 4.13. The van der Waals surface area contributed by atoms with Crippen molar-refractivity contribution in [3.05, 3.63) is 12.2 Å². The number of hydrogen-bond donors (Lipinski definition) is 2. The van der Waals surface area contributed by atoms with Crippen LogP contribution in [0, 0.1) is 0 Å². The zero-order chi connectivity index (χ0) is 11.6. The predicted molar refractivity (Wildman–Crippen MR) is 62.4 cm³/mol. The van der Waals surface area contributed by atoms with Gasteiger partial charge in [-0.2, -0.15) is 5.06 Å². The Morgan fingerprint density at radius 1 is 1.19 bits per heavy atom. The number of hydroxylamine groups is 2. The van der Waals surface area contributed by atoms with Gasteiger partial charge >= 0.3 is 0 Å². The summed E-state index contributed by atoms with van der Waals surface area (Å²) in [5.41, 5.74) is 0. The van der Waals surface area contributed by atoms with Crippen LogP contribution in [-0.2, 0) is 4.74 Å². The second-order valence-electron chi connectivity index (χ2n) is 4.13. The molecule has 1 rings (SSSR count). The van der Waals surface area contributed by atoms with Gasteiger partial charge in [-0.25, -0.2) is 0 Å². The third kappa shape index (κ3) is 5.61. The van der Waals surface area contributed by atoms with Crippen molar-refractivity contribution < 1.29 is 15.1 Å². The van der Waals surface area contributed by atoms with E-state index in [0.29, 0.717) is 19.8 Å². The van der Waals surface area contributed by atoms with Crippen molar-refractivity contribution in [2.45, 2.75) is 38.1 Å². The monoisotopic (exact) mass is 229 g/mol. The van der Waals surface area contributed by atoms with E-state index >= 15 is 0 Å². The molecule has 0 aromatic heterocycles. The highest BCUT2D eigenvalue weighted by atomic mass is 16.5. The Labute approximate surface area is 97.5 Å². The van der Waals surface area contributed by atoms with Crippen LogP contribution in [0.4, 0.5) is 0 Å². The van der Waals surface area contributed by atoms with Crippen LogP contribution in [0.2, 0.25) is 0 Å². The van der Waals surface area contributed by atoms with Crippen LogP contribution in [0.3, 0.4) is 0 Å². The van der Waals surface area contributed by atoms with Gasteiger partial charge in [-0.05, 0) is 32.1 Å². The van der Waals surface area contributed by atoms with Crippen molar-refractivity contribution in [2.24, 2.45) is 0 Å². The van der Waals surface area contributed by atoms with E-state index in [1.165, 1.54) is 5.06 Å². The molecule has 4 heteroatoms. The molecule has 0 aliphatic heterocycles. The van der Waals surface area contributed by atoms with E-state index in [4.69, 9.17) is 9.84 Å². The van der Waals surface area contributed by atoms with E-state index in [9.17, 15) is 5.21 Å². The molecule has 0 heterocycles. The molecule has 1 aliphatic carbocycles. The molecule has 0 spiro atoms. The molecule has 0 bridgehead atoms. The first-order chi connectivity index (χ1) is 7.84. The fourth-order valence-corrected chi connectivity index (χ4v) is 1.95. The van der Waals surface area contributed by atoms with Gasteiger partial charge < -0.3 is 15.1 Å². The number of rotatable bonds is 6. The molecule has 94 valence electrons. The summed E-state index contributed by atoms with van der Waals surface area (Å²) in [6.45, 7) is 1.39. The highest BCUT2D eigenvalue weighted by molar-refractivity contribution is 4.86. The molecule has 0 fully saturated rings. The Morgan fingerprint density at radius 3 is 2.81 bits per heavy atom. The fourth-order valence-electron chi connectivity index (χ4n) is 1.95. The number of allylic oxidation sites excluding steroid dienone is 2. The molecule has 0 aromatic rings. The minimum Gasteiger partial charge on any atom is -0.394 e. The maximum absolute atomic E-state index is 9.86. The van der Waals surface area contributed by atoms with Gasteiger partial charge in [0.05, 0.1) is 19.8 Å². The SMILES string of the molecule is OCCOCCN(O)C1CC/C=C/CCC1. The van der Waals surface area contributed by atoms with Gasteiger partial charge in [-0.1, -0.05) is 12.2 Å². The van der Waals surface area contributed by atoms with Gasteiger partial charge in [-0.3, -0.25) is 0 Å². The molecule has 0 amide bonds. The lowest BCUT2D eigenvalue weighted by Crippen LogP contribution is -2.35. The van der Waals surface area contributed by atoms with Crippen LogP contribution in [0.25, 0.3) is 0 Å². The van der Waals surface area contributed by atoms with Crippen molar-refractivity contribution in [1.82, 2.24) is 5.06 Å². The summed E-state index contributed by atoms with van der Waals surface area (Å²) >= 11 is 0. The molecular weight excluding hydrogens is 206 g/mol. The fraction of sp³-hybridized carbons (Fsp3) is 0.833. The van der Waals surface area contributed by atoms with Crippen LogP contribution in [0.5, 0.6) is 0 Å². The normalized spacial score (nSPS) is 24.1. The van der Waals surface area contributed by atoms with Gasteiger partial charge in [0.25, 0.3) is 0 Å². The first-order valence-electron chi connectivity index (χ1n) is 6.13. The average Bonchev–Trinajstić information content (AvgIpc) is 2.23. The minimum atomic E-state index is 0.0413. The van der Waals surface area contributed by atoms with Crippen LogP contribution in [0.15, 0.2) is 12.2 Å². The van der Waals surface area contributed by atoms with E-state index in [0.717, 1.165) is 32.1 Å². The minimum absolute atomic E-state index is 0.0413. The molecule has 16 heavy (non-hydrogen) atoms. The zero-order valence-corrected chi connectivity index (χ0v) is 9.85. The molecule has 0 saturated heterocycles. The van der Waals surface area contributed by atoms with E-state index in [1.807, 2.05) is 0 Å². The van der Waals surface area contributed by atoms with E-state index in [1.54, 1.807) is 0 Å². The third-order valence-electron chi connectivity index (χ3n) is 2.86. The van der Waals surface area contributed by atoms with Crippen LogP contribution in [-0.4, -0.2) is 47.8 Å². The van der Waals surface area contributed by atoms with E-state index in [-0.39, 0.29) is 12.6 Å². The van der Waals surface area contributed by atoms with Crippen molar-refractivity contribution >= 4 is 0 Å². The van der Waals surface area contributed by atoms with Gasteiger partial charge in [-0.15, -0.1) is 0 Å². The molecule has 1 unspecified atom stereocenters. The highest BCUT2D eigenvalue weighted by Gasteiger charge is 2.16. The summed E-state index contributed by atoms with van der Waals surface area (Å²) in [6, 6.07) is 0.252. The van der Waals surface area contributed by atoms with Crippen molar-refractivity contribution in [3.63, 3.8) is 0 Å². The lowest BCUT2D eigenvalue weighted by molar-refractivity contribution is -0.141. The number of ether oxygens (including phenoxy) is 1. The highest BCUT2D eigenvalue weighted by Crippen LogP contribution is 2.16. The number of hydrogen-bond acceptors (Lipinski definition) is 4. The number of aliphatic hydroxyl groups excluding tert-OH is 1. The van der Waals surface area contributed by atoms with Gasteiger partial charge in [0.1, 0.15) is 0 Å². The van der Waals surface area contributed by atoms with Gasteiger partial charge in [0.2, 0.25) is 0 Å². The Morgan fingerprint density at radius 2 is 2.00 bits per heavy atom. The first kappa shape index (κ1) is 13.6. The quantitative estimate of drug-likeness (QED) is 0.412. The van der Waals surface area contributed by atoms with Gasteiger partial charge in [0, 0.05) is 12.6 Å². The first-order valence-corrected chi connectivity index (χ1v) is 6.13. The average molecular weight is 229 g/mol. The second kappa shape index (κ2) is 8.70. The molecule has 2 N–H and O–H groups in total. The summed E-state index contributed by atoms with van der Waals surface area (Å²) in [5.74, 6) is 0. The predicted octanol–water partition coefficient (Wildman–Crippen LogP) is 1.58. The Balaban J connectivity index is 2.17. The van der Waals surface area contributed by atoms with Crippen molar-refractivity contribution in [3.8, 4) is 0 Å². The topological polar surface area (TPSA) is 52.9 Å². The smallest absolute Gasteiger partial charge is 0.0698 e. The lowest BCUT2D eigenvalue weighted by atomic mass is 10.0. The zero-order valence-electron chi connectivity index (χ0n) is 9.85. The van der Waals surface area contributed by atoms with Crippen LogP contribution in [0.1, 0.15) is 32.1 Å². The lowest BCUT2D eigenvalue weighted by Gasteiger charge is -2.26. The maximum atomic E-state index is 9.86. The largest absolute Gasteiger partial charge is 0.394 e. The molecule has 1 aliphatic rings. The number of aliphatic hydroxyl groups is 1. The molecule has 0 radical (unpaired) electrons. The Kier molecular flexibility index (Phi) is 7.42. The summed E-state index contributed by atoms with van der Waals surface area (Å²) in [5, 5.41) is 19.8. The summed E-state index contributed by atoms with van der Waals surface area (Å²) < 4.78 is 5.13. The van der Waals surface area contributed by atoms with Gasteiger partial charge in [0.15, 0.2) is 0 Å². The molecule has 0 saturated carbocycles. The van der Waals surface area contributed by atoms with Crippen molar-refractivity contribution in [1.29, 1.82) is 0 Å². The molecule has 4 nitrogen and oxygen atoms in total. The molecular formula is C12H23NO3. The van der Waals surface area contributed by atoms with Crippen molar-refractivity contribution in [2.75, 3.05) is 26.4 Å². The summed E-state index contributed by atoms with van der Waals surface area (Å²) in [6.07, 6.45) is 9.76. The molecule has 1 atom stereocenters. The standard InChI is InChI=1S/C12H23NO3/c14-9-11-16-10-8-13(15)12-6-4-2-1-3-5-7-12/h1-2,12,14-15H,3-11H2/b2-1+. The van der Waals surface area contributed by atoms with E-state index < -0.39 is 0 Å². The number of nitrogens with zero attached hydrogens (tertiary/aromatic N) is 1. The van der Waals surface area contributed by atoms with Crippen LogP contribution >= 0.6 is 0 Å². The Hall–Kier alpha value is -0.420. The summed E-state index contributed by atoms with van der Waals surface area (Å²) in [4.78, 5) is 0. The van der Waals surface area contributed by atoms with Crippen LogP contribution < -0.4 is 0 Å². The maximum Gasteiger partial charge on any atom is 0.0698 e. The van der Waals surface area contributed by atoms with E-state index in [2.05, 4.69) is 12.2 Å².